The number of nitrogens with one attached hydrogen (secondary N) is 1. The predicted octanol–water partition coefficient (Wildman–Crippen LogP) is 7.88. The molecular weight excluding hydrogens is 517 g/mol. The van der Waals surface area contributed by atoms with Crippen LogP contribution in [0.3, 0.4) is 0 Å². The fourth-order valence-electron chi connectivity index (χ4n) is 4.22. The Bertz CT molecular complexity index is 1190. The van der Waals surface area contributed by atoms with Crippen LogP contribution < -0.4 is 9.61 Å². The van der Waals surface area contributed by atoms with Gasteiger partial charge in [0.2, 0.25) is 0 Å². The molecule has 0 aliphatic carbocycles. The van der Waals surface area contributed by atoms with Gasteiger partial charge in [-0.15, -0.1) is 0 Å². The Labute approximate surface area is 232 Å². The van der Waals surface area contributed by atoms with E-state index >= 15 is 0 Å². The van der Waals surface area contributed by atoms with E-state index in [1.807, 2.05) is 39.0 Å². The summed E-state index contributed by atoms with van der Waals surface area (Å²) < 4.78 is 30.5. The van der Waals surface area contributed by atoms with E-state index in [0.29, 0.717) is 17.5 Å². The van der Waals surface area contributed by atoms with E-state index in [4.69, 9.17) is 14.0 Å². The van der Waals surface area contributed by atoms with E-state index in [9.17, 15) is 19.3 Å². The van der Waals surface area contributed by atoms with Crippen LogP contribution in [-0.2, 0) is 25.3 Å². The summed E-state index contributed by atoms with van der Waals surface area (Å²) in [4.78, 5) is 25.5. The van der Waals surface area contributed by atoms with Crippen LogP contribution in [0.4, 0.5) is 4.79 Å². The molecule has 0 fully saturated rings. The number of benzene rings is 2. The van der Waals surface area contributed by atoms with Gasteiger partial charge in [0, 0.05) is 0 Å². The Balaban J connectivity index is 2.71. The molecule has 9 heteroatoms. The Kier molecular flexibility index (Phi) is 12.1. The van der Waals surface area contributed by atoms with E-state index in [-0.39, 0.29) is 24.0 Å². The third-order valence-corrected chi connectivity index (χ3v) is 7.91. The molecule has 2 rings (SSSR count). The highest BCUT2D eigenvalue weighted by atomic mass is 31.2. The minimum atomic E-state index is -4.49. The quantitative estimate of drug-likeness (QED) is 0.136. The fraction of sp³-hybridized carbons (Fsp3) is 0.533. The lowest BCUT2D eigenvalue weighted by atomic mass is 9.89. The smallest absolute Gasteiger partial charge is 0.424 e. The van der Waals surface area contributed by atoms with Gasteiger partial charge in [0.15, 0.2) is 0 Å². The zero-order chi connectivity index (χ0) is 29.3. The molecule has 216 valence electrons. The summed E-state index contributed by atoms with van der Waals surface area (Å²) in [6.45, 7) is 14.5. The van der Waals surface area contributed by atoms with Crippen molar-refractivity contribution >= 4 is 19.2 Å². The number of aryl methyl sites for hydroxylation is 2. The molecule has 0 aromatic heterocycles. The first kappa shape index (κ1) is 32.4. The third kappa shape index (κ3) is 8.84. The first-order valence-electron chi connectivity index (χ1n) is 13.7. The van der Waals surface area contributed by atoms with Crippen LogP contribution in [0.1, 0.15) is 90.3 Å². The number of unbranched alkanes of at least 4 members (excludes halogenated alkanes) is 2. The average molecular weight is 562 g/mol. The van der Waals surface area contributed by atoms with Gasteiger partial charge in [-0.25, -0.2) is 14.4 Å². The van der Waals surface area contributed by atoms with Gasteiger partial charge in [0.05, 0.1) is 18.3 Å². The number of hydrogen-bond donors (Lipinski definition) is 2. The highest BCUT2D eigenvalue weighted by Crippen LogP contribution is 2.51. The Hall–Kier alpha value is -2.83. The van der Waals surface area contributed by atoms with Crippen molar-refractivity contribution in [1.82, 2.24) is 5.09 Å². The molecule has 39 heavy (non-hydrogen) atoms. The van der Waals surface area contributed by atoms with Gasteiger partial charge < -0.3 is 19.1 Å². The summed E-state index contributed by atoms with van der Waals surface area (Å²) in [6.07, 6.45) is 3.19. The first-order valence-corrected chi connectivity index (χ1v) is 15.4. The van der Waals surface area contributed by atoms with Crippen molar-refractivity contribution in [2.45, 2.75) is 99.1 Å². The lowest BCUT2D eigenvalue weighted by Crippen LogP contribution is -2.37. The molecule has 2 aromatic rings. The van der Waals surface area contributed by atoms with E-state index in [2.05, 4.69) is 12.0 Å². The van der Waals surface area contributed by atoms with Gasteiger partial charge in [-0.05, 0) is 82.2 Å². The van der Waals surface area contributed by atoms with Crippen molar-refractivity contribution in [2.24, 2.45) is 0 Å². The number of rotatable bonds is 14. The van der Waals surface area contributed by atoms with Crippen LogP contribution in [0.25, 0.3) is 11.1 Å². The Morgan fingerprint density at radius 1 is 1.03 bits per heavy atom. The standard InChI is InChI=1S/C30H44NO7P/c1-9-11-12-13-23-17-26(32)28(25-16-21(7)14-15-24(25)19(3)4)27(18-23)38-39(35,30(34)36-10-2)31-22(8)29(33)37-20(5)6/h14-20,22,32H,9-13H2,1-8H3,(H,31,35). The molecule has 8 nitrogen and oxygen atoms in total. The van der Waals surface area contributed by atoms with E-state index in [1.54, 1.807) is 32.9 Å². The van der Waals surface area contributed by atoms with Crippen molar-refractivity contribution in [3.8, 4) is 22.6 Å². The first-order chi connectivity index (χ1) is 18.3. The van der Waals surface area contributed by atoms with Crippen molar-refractivity contribution in [1.29, 1.82) is 0 Å². The summed E-state index contributed by atoms with van der Waals surface area (Å²) in [7, 11) is -4.49. The fourth-order valence-corrected chi connectivity index (χ4v) is 5.79. The van der Waals surface area contributed by atoms with Crippen molar-refractivity contribution < 1.29 is 33.3 Å². The number of ether oxygens (including phenoxy) is 2. The molecule has 0 saturated carbocycles. The molecule has 0 spiro atoms. The van der Waals surface area contributed by atoms with Crippen LogP contribution in [-0.4, -0.2) is 35.5 Å². The minimum Gasteiger partial charge on any atom is -0.507 e. The molecule has 0 heterocycles. The van der Waals surface area contributed by atoms with Crippen molar-refractivity contribution in [3.63, 3.8) is 0 Å². The zero-order valence-electron chi connectivity index (χ0n) is 24.5. The molecule has 2 N–H and O–H groups in total. The molecule has 0 aliphatic rings. The molecule has 0 aliphatic heterocycles. The van der Waals surface area contributed by atoms with Gasteiger partial charge in [-0.2, -0.15) is 0 Å². The summed E-state index contributed by atoms with van der Waals surface area (Å²) in [5.41, 5.74) is 2.60. The molecule has 0 bridgehead atoms. The van der Waals surface area contributed by atoms with E-state index in [0.717, 1.165) is 36.0 Å². The van der Waals surface area contributed by atoms with Gasteiger partial charge in [0.1, 0.15) is 17.5 Å². The maximum absolute atomic E-state index is 14.1. The van der Waals surface area contributed by atoms with Crippen molar-refractivity contribution in [2.75, 3.05) is 6.61 Å². The second-order valence-electron chi connectivity index (χ2n) is 10.4. The molecule has 2 atom stereocenters. The summed E-state index contributed by atoms with van der Waals surface area (Å²) >= 11 is 0. The maximum atomic E-state index is 14.1. The Morgan fingerprint density at radius 2 is 1.72 bits per heavy atom. The number of carbonyl (C=O) groups excluding carboxylic acids is 2. The average Bonchev–Trinajstić information content (AvgIpc) is 2.83. The maximum Gasteiger partial charge on any atom is 0.424 e. The number of phenols is 1. The molecule has 2 aromatic carbocycles. The number of hydrogen-bond acceptors (Lipinski definition) is 7. The minimum absolute atomic E-state index is 0.0385. The molecule has 2 unspecified atom stereocenters. The third-order valence-electron chi connectivity index (χ3n) is 6.11. The van der Waals surface area contributed by atoms with Crippen LogP contribution in [0, 0.1) is 6.92 Å². The zero-order valence-corrected chi connectivity index (χ0v) is 25.4. The monoisotopic (exact) mass is 561 g/mol. The van der Waals surface area contributed by atoms with Crippen LogP contribution in [0.15, 0.2) is 30.3 Å². The van der Waals surface area contributed by atoms with Crippen LogP contribution >= 0.6 is 7.52 Å². The van der Waals surface area contributed by atoms with Crippen LogP contribution in [0.5, 0.6) is 11.5 Å². The second kappa shape index (κ2) is 14.5. The summed E-state index contributed by atoms with van der Waals surface area (Å²) in [6, 6.07) is 8.18. The SMILES string of the molecule is CCCCCc1cc(O)c(-c2cc(C)ccc2C(C)C)c(OP(=O)(NC(C)C(=O)OC(C)C)C(=O)OCC)c1. The van der Waals surface area contributed by atoms with Gasteiger partial charge in [-0.3, -0.25) is 4.79 Å². The van der Waals surface area contributed by atoms with Crippen LogP contribution in [0.2, 0.25) is 0 Å². The molecule has 0 amide bonds. The number of aromatic hydroxyl groups is 1. The van der Waals surface area contributed by atoms with E-state index in [1.165, 1.54) is 6.92 Å². The number of esters is 1. The normalized spacial score (nSPS) is 13.7. The highest BCUT2D eigenvalue weighted by Gasteiger charge is 2.41. The van der Waals surface area contributed by atoms with Gasteiger partial charge >= 0.3 is 19.2 Å². The lowest BCUT2D eigenvalue weighted by molar-refractivity contribution is -0.149. The summed E-state index contributed by atoms with van der Waals surface area (Å²) in [5, 5.41) is 13.9. The molecule has 0 radical (unpaired) electrons. The highest BCUT2D eigenvalue weighted by molar-refractivity contribution is 7.74. The summed E-state index contributed by atoms with van der Waals surface area (Å²) in [5.74, 6) is -0.551. The molecular formula is C30H44NO7P. The second-order valence-corrected chi connectivity index (χ2v) is 12.3. The number of phenolic OH excluding ortho intramolecular Hbond substituents is 1. The topological polar surface area (TPSA) is 111 Å². The van der Waals surface area contributed by atoms with Gasteiger partial charge in [-0.1, -0.05) is 57.4 Å². The molecule has 0 saturated heterocycles. The van der Waals surface area contributed by atoms with Gasteiger partial charge in [0.25, 0.3) is 0 Å². The largest absolute Gasteiger partial charge is 0.507 e. The Morgan fingerprint density at radius 3 is 2.31 bits per heavy atom. The predicted molar refractivity (Wildman–Crippen MR) is 155 cm³/mol. The van der Waals surface area contributed by atoms with E-state index < -0.39 is 31.3 Å². The van der Waals surface area contributed by atoms with Crippen molar-refractivity contribution in [3.05, 3.63) is 47.0 Å². The number of carbonyl (C=O) groups is 2. The lowest BCUT2D eigenvalue weighted by Gasteiger charge is -2.25.